The van der Waals surface area contributed by atoms with E-state index in [2.05, 4.69) is 34.5 Å². The molecule has 2 aromatic carbocycles. The molecule has 2 aromatic rings. The lowest BCUT2D eigenvalue weighted by Gasteiger charge is -2.45. The molecule has 0 saturated carbocycles. The number of amides is 1. The quantitative estimate of drug-likeness (QED) is 0.883. The van der Waals surface area contributed by atoms with Gasteiger partial charge in [0, 0.05) is 18.8 Å². The molecule has 2 atom stereocenters. The van der Waals surface area contributed by atoms with E-state index in [-0.39, 0.29) is 17.9 Å². The number of benzene rings is 2. The molecule has 0 aliphatic carbocycles. The Kier molecular flexibility index (Phi) is 5.30. The average Bonchev–Trinajstić information content (AvgIpc) is 2.73. The minimum atomic E-state index is -0.0731. The number of rotatable bonds is 5. The smallest absolute Gasteiger partial charge is 0.225 e. The van der Waals surface area contributed by atoms with E-state index >= 15 is 0 Å². The molecule has 0 spiro atoms. The van der Waals surface area contributed by atoms with Crippen molar-refractivity contribution in [1.29, 1.82) is 0 Å². The van der Waals surface area contributed by atoms with Crippen molar-refractivity contribution < 1.29 is 14.3 Å². The first-order chi connectivity index (χ1) is 13.3. The molecule has 2 heterocycles. The van der Waals surface area contributed by atoms with E-state index in [0.717, 1.165) is 31.7 Å². The van der Waals surface area contributed by atoms with Gasteiger partial charge in [0.05, 0.1) is 32.3 Å². The molecule has 5 nitrogen and oxygen atoms in total. The second-order valence-corrected chi connectivity index (χ2v) is 7.16. The molecule has 142 valence electrons. The highest BCUT2D eigenvalue weighted by Crippen LogP contribution is 2.35. The number of ether oxygens (including phenoxy) is 2. The van der Waals surface area contributed by atoms with Gasteiger partial charge in [0.25, 0.3) is 0 Å². The van der Waals surface area contributed by atoms with Crippen LogP contribution in [-0.2, 0) is 22.4 Å². The lowest BCUT2D eigenvalue weighted by molar-refractivity contribution is -0.126. The molecule has 1 saturated heterocycles. The number of morpholine rings is 1. The first-order valence-corrected chi connectivity index (χ1v) is 9.59. The highest BCUT2D eigenvalue weighted by molar-refractivity contribution is 5.82. The van der Waals surface area contributed by atoms with Crippen LogP contribution >= 0.6 is 0 Å². The number of para-hydroxylation sites is 1. The van der Waals surface area contributed by atoms with Crippen molar-refractivity contribution >= 4 is 11.6 Å². The van der Waals surface area contributed by atoms with Crippen molar-refractivity contribution in [3.63, 3.8) is 0 Å². The molecular formula is C22H26N2O3. The molecule has 0 bridgehead atoms. The van der Waals surface area contributed by atoms with Gasteiger partial charge in [-0.2, -0.15) is 0 Å². The normalized spacial score (nSPS) is 21.1. The molecule has 2 aliphatic heterocycles. The van der Waals surface area contributed by atoms with Crippen LogP contribution in [0.2, 0.25) is 0 Å². The number of carbonyl (C=O) groups excluding carboxylic acids is 1. The maximum absolute atomic E-state index is 12.9. The Bertz CT molecular complexity index is 790. The van der Waals surface area contributed by atoms with Crippen LogP contribution in [0.3, 0.4) is 0 Å². The van der Waals surface area contributed by atoms with E-state index in [0.29, 0.717) is 13.2 Å². The Morgan fingerprint density at radius 1 is 1.22 bits per heavy atom. The van der Waals surface area contributed by atoms with Crippen molar-refractivity contribution in [2.75, 3.05) is 38.3 Å². The lowest BCUT2D eigenvalue weighted by Crippen LogP contribution is -2.56. The lowest BCUT2D eigenvalue weighted by atomic mass is 9.84. The maximum atomic E-state index is 12.9. The fourth-order valence-electron chi connectivity index (χ4n) is 4.11. The van der Waals surface area contributed by atoms with Crippen molar-refractivity contribution in [2.45, 2.75) is 18.9 Å². The zero-order chi connectivity index (χ0) is 18.6. The summed E-state index contributed by atoms with van der Waals surface area (Å²) >= 11 is 0. The Morgan fingerprint density at radius 2 is 2.04 bits per heavy atom. The van der Waals surface area contributed by atoms with Gasteiger partial charge in [-0.15, -0.1) is 0 Å². The van der Waals surface area contributed by atoms with E-state index < -0.39 is 0 Å². The van der Waals surface area contributed by atoms with E-state index in [9.17, 15) is 4.79 Å². The Labute approximate surface area is 160 Å². The molecule has 1 N–H and O–H groups in total. The fourth-order valence-corrected chi connectivity index (χ4v) is 4.11. The van der Waals surface area contributed by atoms with Crippen LogP contribution in [0.1, 0.15) is 11.1 Å². The molecule has 1 fully saturated rings. The van der Waals surface area contributed by atoms with Crippen LogP contribution in [0.15, 0.2) is 48.5 Å². The van der Waals surface area contributed by atoms with Gasteiger partial charge in [0.1, 0.15) is 5.75 Å². The van der Waals surface area contributed by atoms with E-state index in [1.807, 2.05) is 24.3 Å². The topological polar surface area (TPSA) is 50.8 Å². The average molecular weight is 366 g/mol. The summed E-state index contributed by atoms with van der Waals surface area (Å²) in [6, 6.07) is 16.5. The molecule has 2 aliphatic rings. The van der Waals surface area contributed by atoms with Gasteiger partial charge in [-0.25, -0.2) is 0 Å². The largest absolute Gasteiger partial charge is 0.497 e. The molecule has 2 unspecified atom stereocenters. The minimum Gasteiger partial charge on any atom is -0.497 e. The van der Waals surface area contributed by atoms with Gasteiger partial charge in [-0.05, 0) is 42.2 Å². The minimum absolute atomic E-state index is 0.0731. The summed E-state index contributed by atoms with van der Waals surface area (Å²) in [7, 11) is 1.66. The molecule has 4 rings (SSSR count). The van der Waals surface area contributed by atoms with Crippen LogP contribution in [0.4, 0.5) is 5.69 Å². The number of fused-ring (bicyclic) bond motifs is 3. The van der Waals surface area contributed by atoms with E-state index in [4.69, 9.17) is 9.47 Å². The van der Waals surface area contributed by atoms with Crippen molar-refractivity contribution in [2.24, 2.45) is 5.92 Å². The zero-order valence-electron chi connectivity index (χ0n) is 15.7. The number of nitrogens with zero attached hydrogens (tertiary/aromatic N) is 1. The first-order valence-electron chi connectivity index (χ1n) is 9.59. The van der Waals surface area contributed by atoms with Crippen LogP contribution in [-0.4, -0.2) is 45.4 Å². The molecule has 1 amide bonds. The van der Waals surface area contributed by atoms with Gasteiger partial charge >= 0.3 is 0 Å². The van der Waals surface area contributed by atoms with Crippen LogP contribution in [0, 0.1) is 5.92 Å². The summed E-state index contributed by atoms with van der Waals surface area (Å²) in [5.41, 5.74) is 3.70. The highest BCUT2D eigenvalue weighted by Gasteiger charge is 2.39. The van der Waals surface area contributed by atoms with Crippen molar-refractivity contribution in [1.82, 2.24) is 5.32 Å². The number of nitrogens with one attached hydrogen (secondary N) is 1. The number of carbonyl (C=O) groups is 1. The Morgan fingerprint density at radius 3 is 2.85 bits per heavy atom. The standard InChI is InChI=1S/C22H26N2O3/c1-26-18-8-6-16(7-9-18)10-11-23-22(25)19-14-17-4-2-3-5-20(17)24-12-13-27-15-21(19)24/h2-9,19,21H,10-15H2,1H3,(H,23,25). The number of methoxy groups -OCH3 is 1. The van der Waals surface area contributed by atoms with E-state index in [1.165, 1.54) is 16.8 Å². The van der Waals surface area contributed by atoms with Crippen LogP contribution < -0.4 is 15.0 Å². The van der Waals surface area contributed by atoms with Gasteiger partial charge in [0.15, 0.2) is 0 Å². The van der Waals surface area contributed by atoms with Crippen molar-refractivity contribution in [3.8, 4) is 5.75 Å². The number of hydrogen-bond acceptors (Lipinski definition) is 4. The number of anilines is 1. The van der Waals surface area contributed by atoms with E-state index in [1.54, 1.807) is 7.11 Å². The molecule has 5 heteroatoms. The van der Waals surface area contributed by atoms with Crippen LogP contribution in [0.5, 0.6) is 5.75 Å². The second kappa shape index (κ2) is 8.01. The second-order valence-electron chi connectivity index (χ2n) is 7.16. The predicted octanol–water partition coefficient (Wildman–Crippen LogP) is 2.43. The Balaban J connectivity index is 1.40. The summed E-state index contributed by atoms with van der Waals surface area (Å²) in [5, 5.41) is 3.14. The number of hydrogen-bond donors (Lipinski definition) is 1. The first kappa shape index (κ1) is 17.9. The van der Waals surface area contributed by atoms with Gasteiger partial charge in [0.2, 0.25) is 5.91 Å². The third kappa shape index (κ3) is 3.78. The van der Waals surface area contributed by atoms with Gasteiger partial charge in [-0.1, -0.05) is 30.3 Å². The summed E-state index contributed by atoms with van der Waals surface area (Å²) in [6.07, 6.45) is 1.58. The van der Waals surface area contributed by atoms with Gasteiger partial charge in [-0.3, -0.25) is 4.79 Å². The monoisotopic (exact) mass is 366 g/mol. The maximum Gasteiger partial charge on any atom is 0.225 e. The fraction of sp³-hybridized carbons (Fsp3) is 0.409. The van der Waals surface area contributed by atoms with Crippen LogP contribution in [0.25, 0.3) is 0 Å². The third-order valence-corrected chi connectivity index (χ3v) is 5.58. The predicted molar refractivity (Wildman–Crippen MR) is 105 cm³/mol. The molecular weight excluding hydrogens is 340 g/mol. The van der Waals surface area contributed by atoms with Crippen molar-refractivity contribution in [3.05, 3.63) is 59.7 Å². The summed E-state index contributed by atoms with van der Waals surface area (Å²) in [6.45, 7) is 2.82. The third-order valence-electron chi connectivity index (χ3n) is 5.58. The highest BCUT2D eigenvalue weighted by atomic mass is 16.5. The summed E-state index contributed by atoms with van der Waals surface area (Å²) in [5.74, 6) is 0.899. The summed E-state index contributed by atoms with van der Waals surface area (Å²) in [4.78, 5) is 15.3. The molecule has 0 radical (unpaired) electrons. The summed E-state index contributed by atoms with van der Waals surface area (Å²) < 4.78 is 10.9. The SMILES string of the molecule is COc1ccc(CCNC(=O)C2Cc3ccccc3N3CCOCC23)cc1. The molecule has 27 heavy (non-hydrogen) atoms. The van der Waals surface area contributed by atoms with Gasteiger partial charge < -0.3 is 19.7 Å². The molecule has 0 aromatic heterocycles. The Hall–Kier alpha value is -2.53. The zero-order valence-corrected chi connectivity index (χ0v) is 15.7.